The highest BCUT2D eigenvalue weighted by atomic mass is 16.5. The molecule has 0 saturated carbocycles. The monoisotopic (exact) mass is 288 g/mol. The SMILES string of the molecule is CCN1CCCC1CNC1CCCc2cc(OC)ccc21. The largest absolute Gasteiger partial charge is 0.497 e. The Labute approximate surface area is 128 Å². The lowest BCUT2D eigenvalue weighted by Gasteiger charge is -2.30. The van der Waals surface area contributed by atoms with Crippen molar-refractivity contribution in [1.29, 1.82) is 0 Å². The number of benzene rings is 1. The maximum Gasteiger partial charge on any atom is 0.119 e. The van der Waals surface area contributed by atoms with Gasteiger partial charge < -0.3 is 10.1 Å². The molecule has 0 spiro atoms. The van der Waals surface area contributed by atoms with E-state index < -0.39 is 0 Å². The third kappa shape index (κ3) is 3.24. The average molecular weight is 288 g/mol. The minimum absolute atomic E-state index is 0.527. The number of likely N-dealkylation sites (tertiary alicyclic amines) is 1. The molecule has 1 saturated heterocycles. The molecule has 2 unspecified atom stereocenters. The van der Waals surface area contributed by atoms with Gasteiger partial charge in [-0.2, -0.15) is 0 Å². The van der Waals surface area contributed by atoms with Crippen molar-refractivity contribution in [3.63, 3.8) is 0 Å². The summed E-state index contributed by atoms with van der Waals surface area (Å²) < 4.78 is 5.36. The van der Waals surface area contributed by atoms with Gasteiger partial charge in [-0.15, -0.1) is 0 Å². The van der Waals surface area contributed by atoms with Crippen LogP contribution in [0.1, 0.15) is 49.8 Å². The van der Waals surface area contributed by atoms with Crippen LogP contribution in [-0.2, 0) is 6.42 Å². The van der Waals surface area contributed by atoms with Crippen LogP contribution in [0, 0.1) is 0 Å². The molecule has 0 amide bonds. The number of likely N-dealkylation sites (N-methyl/N-ethyl adjacent to an activating group) is 1. The fourth-order valence-electron chi connectivity index (χ4n) is 3.95. The van der Waals surface area contributed by atoms with Gasteiger partial charge in [-0.3, -0.25) is 4.90 Å². The van der Waals surface area contributed by atoms with E-state index in [0.717, 1.165) is 18.3 Å². The maximum atomic E-state index is 5.36. The van der Waals surface area contributed by atoms with E-state index in [1.807, 2.05) is 0 Å². The van der Waals surface area contributed by atoms with Gasteiger partial charge in [0, 0.05) is 18.6 Å². The smallest absolute Gasteiger partial charge is 0.119 e. The average Bonchev–Trinajstić information content (AvgIpc) is 2.99. The number of hydrogen-bond acceptors (Lipinski definition) is 3. The van der Waals surface area contributed by atoms with Crippen LogP contribution in [0.5, 0.6) is 5.75 Å². The number of nitrogens with zero attached hydrogens (tertiary/aromatic N) is 1. The van der Waals surface area contributed by atoms with Crippen LogP contribution in [0.2, 0.25) is 0 Å². The van der Waals surface area contributed by atoms with Crippen molar-refractivity contribution in [2.45, 2.75) is 51.1 Å². The molecule has 1 heterocycles. The molecule has 116 valence electrons. The van der Waals surface area contributed by atoms with E-state index in [9.17, 15) is 0 Å². The van der Waals surface area contributed by atoms with E-state index >= 15 is 0 Å². The van der Waals surface area contributed by atoms with Gasteiger partial charge in [0.05, 0.1) is 7.11 Å². The standard InChI is InChI=1S/C18H28N2O/c1-3-20-11-5-7-15(20)13-19-18-8-4-6-14-12-16(21-2)9-10-17(14)18/h9-10,12,15,18-19H,3-8,11,13H2,1-2H3. The van der Waals surface area contributed by atoms with E-state index in [0.29, 0.717) is 6.04 Å². The second kappa shape index (κ2) is 6.80. The number of hydrogen-bond donors (Lipinski definition) is 1. The summed E-state index contributed by atoms with van der Waals surface area (Å²) in [6, 6.07) is 7.85. The molecule has 1 aromatic rings. The fraction of sp³-hybridized carbons (Fsp3) is 0.667. The van der Waals surface area contributed by atoms with Crippen molar-refractivity contribution in [2.24, 2.45) is 0 Å². The summed E-state index contributed by atoms with van der Waals surface area (Å²) in [4.78, 5) is 2.62. The first kappa shape index (κ1) is 14.9. The van der Waals surface area contributed by atoms with E-state index in [2.05, 4.69) is 35.3 Å². The highest BCUT2D eigenvalue weighted by Gasteiger charge is 2.25. The Morgan fingerprint density at radius 2 is 2.19 bits per heavy atom. The number of methoxy groups -OCH3 is 1. The van der Waals surface area contributed by atoms with Crippen molar-refractivity contribution in [2.75, 3.05) is 26.7 Å². The second-order valence-corrected chi connectivity index (χ2v) is 6.34. The maximum absolute atomic E-state index is 5.36. The lowest BCUT2D eigenvalue weighted by molar-refractivity contribution is 0.251. The predicted octanol–water partition coefficient (Wildman–Crippen LogP) is 3.15. The van der Waals surface area contributed by atoms with Gasteiger partial charge in [-0.25, -0.2) is 0 Å². The third-order valence-corrected chi connectivity index (χ3v) is 5.17. The topological polar surface area (TPSA) is 24.5 Å². The van der Waals surface area contributed by atoms with Gasteiger partial charge in [-0.05, 0) is 68.5 Å². The fourth-order valence-corrected chi connectivity index (χ4v) is 3.95. The second-order valence-electron chi connectivity index (χ2n) is 6.34. The van der Waals surface area contributed by atoms with Crippen molar-refractivity contribution in [3.05, 3.63) is 29.3 Å². The molecule has 1 aliphatic heterocycles. The molecular weight excluding hydrogens is 260 g/mol. The zero-order valence-corrected chi connectivity index (χ0v) is 13.4. The van der Waals surface area contributed by atoms with E-state index in [1.54, 1.807) is 7.11 Å². The highest BCUT2D eigenvalue weighted by Crippen LogP contribution is 2.32. The molecule has 1 fully saturated rings. The van der Waals surface area contributed by atoms with E-state index in [4.69, 9.17) is 4.74 Å². The van der Waals surface area contributed by atoms with Gasteiger partial charge in [0.1, 0.15) is 5.75 Å². The molecule has 3 heteroatoms. The summed E-state index contributed by atoms with van der Waals surface area (Å²) in [6.45, 7) is 5.87. The summed E-state index contributed by atoms with van der Waals surface area (Å²) in [5, 5.41) is 3.84. The van der Waals surface area contributed by atoms with Crippen molar-refractivity contribution in [1.82, 2.24) is 10.2 Å². The van der Waals surface area contributed by atoms with Gasteiger partial charge in [0.2, 0.25) is 0 Å². The van der Waals surface area contributed by atoms with Crippen LogP contribution in [0.4, 0.5) is 0 Å². The molecule has 0 radical (unpaired) electrons. The summed E-state index contributed by atoms with van der Waals surface area (Å²) >= 11 is 0. The Morgan fingerprint density at radius 3 is 3.00 bits per heavy atom. The van der Waals surface area contributed by atoms with Crippen LogP contribution in [0.3, 0.4) is 0 Å². The van der Waals surface area contributed by atoms with Gasteiger partial charge >= 0.3 is 0 Å². The Hall–Kier alpha value is -1.06. The molecule has 0 aromatic heterocycles. The lowest BCUT2D eigenvalue weighted by Crippen LogP contribution is -2.39. The number of aryl methyl sites for hydroxylation is 1. The normalized spacial score (nSPS) is 25.8. The van der Waals surface area contributed by atoms with E-state index in [1.165, 1.54) is 56.3 Å². The van der Waals surface area contributed by atoms with Crippen molar-refractivity contribution < 1.29 is 4.74 Å². The first-order valence-electron chi connectivity index (χ1n) is 8.46. The zero-order chi connectivity index (χ0) is 14.7. The minimum Gasteiger partial charge on any atom is -0.497 e. The van der Waals surface area contributed by atoms with Crippen LogP contribution < -0.4 is 10.1 Å². The number of nitrogens with one attached hydrogen (secondary N) is 1. The Morgan fingerprint density at radius 1 is 1.29 bits per heavy atom. The molecular formula is C18H28N2O. The van der Waals surface area contributed by atoms with Crippen LogP contribution in [0.15, 0.2) is 18.2 Å². The molecule has 0 bridgehead atoms. The number of fused-ring (bicyclic) bond motifs is 1. The highest BCUT2D eigenvalue weighted by molar-refractivity contribution is 5.39. The van der Waals surface area contributed by atoms with Crippen LogP contribution in [-0.4, -0.2) is 37.7 Å². The van der Waals surface area contributed by atoms with E-state index in [-0.39, 0.29) is 0 Å². The quantitative estimate of drug-likeness (QED) is 0.901. The van der Waals surface area contributed by atoms with Gasteiger partial charge in [0.25, 0.3) is 0 Å². The van der Waals surface area contributed by atoms with Crippen molar-refractivity contribution >= 4 is 0 Å². The van der Waals surface area contributed by atoms with Gasteiger partial charge in [-0.1, -0.05) is 13.0 Å². The summed E-state index contributed by atoms with van der Waals surface area (Å²) in [5.41, 5.74) is 2.96. The summed E-state index contributed by atoms with van der Waals surface area (Å²) in [6.07, 6.45) is 6.44. The van der Waals surface area contributed by atoms with Crippen LogP contribution in [0.25, 0.3) is 0 Å². The third-order valence-electron chi connectivity index (χ3n) is 5.17. The first-order chi connectivity index (χ1) is 10.3. The summed E-state index contributed by atoms with van der Waals surface area (Å²) in [7, 11) is 1.75. The predicted molar refractivity (Wildman–Crippen MR) is 86.9 cm³/mol. The zero-order valence-electron chi connectivity index (χ0n) is 13.4. The molecule has 21 heavy (non-hydrogen) atoms. The molecule has 3 rings (SSSR count). The lowest BCUT2D eigenvalue weighted by atomic mass is 9.87. The molecule has 1 N–H and O–H groups in total. The number of rotatable bonds is 5. The molecule has 1 aliphatic carbocycles. The summed E-state index contributed by atoms with van der Waals surface area (Å²) in [5.74, 6) is 0.988. The number of ether oxygens (including phenoxy) is 1. The van der Waals surface area contributed by atoms with Crippen LogP contribution >= 0.6 is 0 Å². The molecule has 3 nitrogen and oxygen atoms in total. The molecule has 2 atom stereocenters. The molecule has 1 aromatic carbocycles. The minimum atomic E-state index is 0.527. The van der Waals surface area contributed by atoms with Gasteiger partial charge in [0.15, 0.2) is 0 Å². The Bertz CT molecular complexity index is 474. The Balaban J connectivity index is 1.65. The van der Waals surface area contributed by atoms with Crippen molar-refractivity contribution in [3.8, 4) is 5.75 Å². The molecule has 2 aliphatic rings. The first-order valence-corrected chi connectivity index (χ1v) is 8.46. The Kier molecular flexibility index (Phi) is 4.81.